The summed E-state index contributed by atoms with van der Waals surface area (Å²) >= 11 is 0.267. The first-order valence-electron chi connectivity index (χ1n) is 6.23. The van der Waals surface area contributed by atoms with Gasteiger partial charge in [0, 0.05) is 12.4 Å². The molecular formula is C13H9F3N2O4S2. The second kappa shape index (κ2) is 6.69. The second-order valence-corrected chi connectivity index (χ2v) is 7.34. The maximum Gasteiger partial charge on any atom is 0.455 e. The number of hydrogen-bond acceptors (Lipinski definition) is 6. The molecule has 0 fully saturated rings. The topological polar surface area (TPSA) is 93.2 Å². The molecule has 1 amide bonds. The van der Waals surface area contributed by atoms with Crippen molar-refractivity contribution in [3.05, 3.63) is 52.0 Å². The molecule has 0 unspecified atom stereocenters. The lowest BCUT2D eigenvalue weighted by atomic mass is 10.3. The van der Waals surface area contributed by atoms with Gasteiger partial charge >= 0.3 is 6.18 Å². The highest BCUT2D eigenvalue weighted by atomic mass is 32.2. The minimum absolute atomic E-state index is 0.267. The van der Waals surface area contributed by atoms with Crippen molar-refractivity contribution in [2.75, 3.05) is 0 Å². The van der Waals surface area contributed by atoms with Gasteiger partial charge in [0.1, 0.15) is 0 Å². The Morgan fingerprint density at radius 2 is 1.67 bits per heavy atom. The third-order valence-corrected chi connectivity index (χ3v) is 4.96. The van der Waals surface area contributed by atoms with E-state index in [0.717, 1.165) is 12.1 Å². The Balaban J connectivity index is 2.10. The molecule has 0 spiro atoms. The molecule has 0 saturated carbocycles. The highest BCUT2D eigenvalue weighted by Crippen LogP contribution is 2.26. The number of alkyl halides is 3. The number of amides is 1. The van der Waals surface area contributed by atoms with Crippen molar-refractivity contribution in [1.82, 2.24) is 9.71 Å². The zero-order valence-corrected chi connectivity index (χ0v) is 13.3. The first-order chi connectivity index (χ1) is 11.1. The summed E-state index contributed by atoms with van der Waals surface area (Å²) < 4.78 is 62.5. The van der Waals surface area contributed by atoms with Crippen LogP contribution in [0.1, 0.15) is 24.9 Å². The van der Waals surface area contributed by atoms with Gasteiger partial charge in [0.2, 0.25) is 10.0 Å². The van der Waals surface area contributed by atoms with Gasteiger partial charge in [-0.1, -0.05) is 0 Å². The van der Waals surface area contributed by atoms with Gasteiger partial charge in [0.05, 0.1) is 15.5 Å². The molecule has 0 aromatic carbocycles. The number of carbonyl (C=O) groups excluding carboxylic acids is 2. The highest BCUT2D eigenvalue weighted by molar-refractivity contribution is 7.89. The lowest BCUT2D eigenvalue weighted by Crippen LogP contribution is -2.31. The van der Waals surface area contributed by atoms with E-state index >= 15 is 0 Å². The molecule has 0 aliphatic carbocycles. The monoisotopic (exact) mass is 378 g/mol. The van der Waals surface area contributed by atoms with Crippen LogP contribution in [0.3, 0.4) is 0 Å². The van der Waals surface area contributed by atoms with Crippen molar-refractivity contribution < 1.29 is 31.2 Å². The van der Waals surface area contributed by atoms with Crippen molar-refractivity contribution in [2.45, 2.75) is 11.9 Å². The first kappa shape index (κ1) is 18.1. The number of aromatic nitrogens is 1. The third-order valence-electron chi connectivity index (χ3n) is 2.67. The van der Waals surface area contributed by atoms with E-state index in [-0.39, 0.29) is 16.2 Å². The molecule has 0 radical (unpaired) electrons. The summed E-state index contributed by atoms with van der Waals surface area (Å²) in [5, 5.41) is 0. The fourth-order valence-corrected chi connectivity index (χ4v) is 3.67. The molecule has 0 saturated heterocycles. The number of nitrogens with one attached hydrogen (secondary N) is 1. The van der Waals surface area contributed by atoms with Gasteiger partial charge in [0.25, 0.3) is 11.7 Å². The molecule has 2 aromatic heterocycles. The van der Waals surface area contributed by atoms with Gasteiger partial charge in [0.15, 0.2) is 0 Å². The lowest BCUT2D eigenvalue weighted by Gasteiger charge is -2.05. The van der Waals surface area contributed by atoms with Crippen LogP contribution in [0.25, 0.3) is 0 Å². The van der Waals surface area contributed by atoms with E-state index in [1.807, 2.05) is 0 Å². The van der Waals surface area contributed by atoms with Gasteiger partial charge in [-0.25, -0.2) is 13.1 Å². The molecule has 24 heavy (non-hydrogen) atoms. The Labute approximate surface area is 138 Å². The Hall–Kier alpha value is -2.27. The largest absolute Gasteiger partial charge is 0.455 e. The summed E-state index contributed by atoms with van der Waals surface area (Å²) in [6.07, 6.45) is -2.31. The average molecular weight is 378 g/mol. The van der Waals surface area contributed by atoms with Gasteiger partial charge in [-0.15, -0.1) is 11.3 Å². The molecular weight excluding hydrogens is 369 g/mol. The zero-order valence-electron chi connectivity index (χ0n) is 11.7. The Morgan fingerprint density at radius 1 is 1.08 bits per heavy atom. The van der Waals surface area contributed by atoms with Gasteiger partial charge in [-0.05, 0) is 29.8 Å². The quantitative estimate of drug-likeness (QED) is 0.805. The molecule has 0 bridgehead atoms. The molecule has 6 nitrogen and oxygen atoms in total. The molecule has 0 aliphatic heterocycles. The van der Waals surface area contributed by atoms with Gasteiger partial charge in [-0.3, -0.25) is 14.6 Å². The van der Waals surface area contributed by atoms with Crippen molar-refractivity contribution >= 4 is 33.1 Å². The predicted octanol–water partition coefficient (Wildman–Crippen LogP) is 2.15. The Kier molecular flexibility index (Phi) is 5.04. The lowest BCUT2D eigenvalue weighted by molar-refractivity contribution is -0.0882. The van der Waals surface area contributed by atoms with Crippen LogP contribution in [0, 0.1) is 0 Å². The summed E-state index contributed by atoms with van der Waals surface area (Å²) in [4.78, 5) is 25.6. The third kappa shape index (κ3) is 4.61. The van der Waals surface area contributed by atoms with Crippen molar-refractivity contribution in [3.8, 4) is 0 Å². The Bertz CT molecular complexity index is 861. The van der Waals surface area contributed by atoms with E-state index < -0.39 is 38.5 Å². The SMILES string of the molecule is O=C(NS(=O)(=O)Cc1ccncc1)c1ccc(C(=O)C(F)(F)F)s1. The summed E-state index contributed by atoms with van der Waals surface area (Å²) in [6, 6.07) is 4.66. The number of hydrogen-bond donors (Lipinski definition) is 1. The molecule has 2 heterocycles. The average Bonchev–Trinajstić information content (AvgIpc) is 2.95. The standard InChI is InChI=1S/C13H9F3N2O4S2/c14-13(15,16)11(19)9-1-2-10(23-9)12(20)18-24(21,22)7-8-3-5-17-6-4-8/h1-6H,7H2,(H,18,20). The van der Waals surface area contributed by atoms with Crippen LogP contribution < -0.4 is 4.72 Å². The van der Waals surface area contributed by atoms with Crippen LogP contribution >= 0.6 is 11.3 Å². The highest BCUT2D eigenvalue weighted by Gasteiger charge is 2.40. The number of ketones is 1. The van der Waals surface area contributed by atoms with Crippen LogP contribution in [-0.4, -0.2) is 31.3 Å². The van der Waals surface area contributed by atoms with E-state index in [4.69, 9.17) is 0 Å². The van der Waals surface area contributed by atoms with Crippen molar-refractivity contribution in [2.24, 2.45) is 0 Å². The fraction of sp³-hybridized carbons (Fsp3) is 0.154. The maximum atomic E-state index is 12.3. The summed E-state index contributed by atoms with van der Waals surface area (Å²) in [5.74, 6) is -3.69. The van der Waals surface area contributed by atoms with Crippen LogP contribution in [0.4, 0.5) is 13.2 Å². The van der Waals surface area contributed by atoms with E-state index in [1.54, 1.807) is 4.72 Å². The fourth-order valence-electron chi connectivity index (χ4n) is 1.65. The van der Waals surface area contributed by atoms with E-state index in [9.17, 15) is 31.2 Å². The summed E-state index contributed by atoms with van der Waals surface area (Å²) in [5.41, 5.74) is 0.379. The molecule has 2 aromatic rings. The molecule has 1 N–H and O–H groups in total. The minimum Gasteiger partial charge on any atom is -0.283 e. The second-order valence-electron chi connectivity index (χ2n) is 4.54. The van der Waals surface area contributed by atoms with Gasteiger partial charge < -0.3 is 0 Å². The minimum atomic E-state index is -5.06. The van der Waals surface area contributed by atoms with E-state index in [0.29, 0.717) is 5.56 Å². The molecule has 0 atom stereocenters. The molecule has 11 heteroatoms. The number of thiophene rings is 1. The summed E-state index contributed by atoms with van der Waals surface area (Å²) in [6.45, 7) is 0. The maximum absolute atomic E-state index is 12.3. The van der Waals surface area contributed by atoms with E-state index in [2.05, 4.69) is 4.98 Å². The summed E-state index contributed by atoms with van der Waals surface area (Å²) in [7, 11) is -4.05. The van der Waals surface area contributed by atoms with Crippen LogP contribution in [0.5, 0.6) is 0 Å². The van der Waals surface area contributed by atoms with Crippen molar-refractivity contribution in [3.63, 3.8) is 0 Å². The number of sulfonamides is 1. The molecule has 2 rings (SSSR count). The van der Waals surface area contributed by atoms with Crippen LogP contribution in [0.2, 0.25) is 0 Å². The number of halogens is 3. The number of carbonyl (C=O) groups is 2. The van der Waals surface area contributed by atoms with E-state index in [1.165, 1.54) is 24.5 Å². The zero-order chi connectivity index (χ0) is 18.0. The Morgan fingerprint density at radius 3 is 2.25 bits per heavy atom. The van der Waals surface area contributed by atoms with Crippen LogP contribution in [0.15, 0.2) is 36.7 Å². The molecule has 128 valence electrons. The smallest absolute Gasteiger partial charge is 0.283 e. The normalized spacial score (nSPS) is 12.0. The number of nitrogens with zero attached hydrogens (tertiary/aromatic N) is 1. The van der Waals surface area contributed by atoms with Crippen molar-refractivity contribution in [1.29, 1.82) is 0 Å². The molecule has 0 aliphatic rings. The first-order valence-corrected chi connectivity index (χ1v) is 8.70. The van der Waals surface area contributed by atoms with Crippen LogP contribution in [-0.2, 0) is 15.8 Å². The number of Topliss-reactive ketones (excluding diaryl/α,β-unsaturated/α-hetero) is 1. The number of rotatable bonds is 5. The van der Waals surface area contributed by atoms with Gasteiger partial charge in [-0.2, -0.15) is 13.2 Å². The predicted molar refractivity (Wildman–Crippen MR) is 79.0 cm³/mol. The number of pyridine rings is 1.